The molecule has 1 aromatic rings. The first-order valence-corrected chi connectivity index (χ1v) is 6.34. The molecule has 1 amide bonds. The zero-order valence-corrected chi connectivity index (χ0v) is 11.1. The zero-order valence-electron chi connectivity index (χ0n) is 11.1. The monoisotopic (exact) mass is 260 g/mol. The fraction of sp³-hybridized carbons (Fsp3) is 0.400. The molecule has 1 aromatic carbocycles. The highest BCUT2D eigenvalue weighted by molar-refractivity contribution is 5.82. The third-order valence-corrected chi connectivity index (χ3v) is 2.93. The van der Waals surface area contributed by atoms with E-state index in [1.54, 1.807) is 24.3 Å². The number of carbonyl (C=O) groups is 1. The molecule has 0 bridgehead atoms. The predicted octanol–water partition coefficient (Wildman–Crippen LogP) is 1.18. The lowest BCUT2D eigenvalue weighted by molar-refractivity contribution is -0.123. The maximum atomic E-state index is 11.9. The van der Waals surface area contributed by atoms with E-state index in [4.69, 9.17) is 12.2 Å². The Morgan fingerprint density at radius 1 is 1.47 bits per heavy atom. The Kier molecular flexibility index (Phi) is 5.91. The molecule has 1 rings (SSSR count). The Hall–Kier alpha value is -1.99. The van der Waals surface area contributed by atoms with Crippen molar-refractivity contribution in [2.75, 3.05) is 0 Å². The quantitative estimate of drug-likeness (QED) is 0.672. The highest BCUT2D eigenvalue weighted by Crippen LogP contribution is 2.11. The third kappa shape index (κ3) is 5.02. The summed E-state index contributed by atoms with van der Waals surface area (Å²) in [5.74, 6) is 2.53. The van der Waals surface area contributed by atoms with Crippen LogP contribution in [0.4, 0.5) is 0 Å². The second-order valence-electron chi connectivity index (χ2n) is 4.50. The highest BCUT2D eigenvalue weighted by Gasteiger charge is 2.17. The Morgan fingerprint density at radius 2 is 2.11 bits per heavy atom. The van der Waals surface area contributed by atoms with Gasteiger partial charge in [-0.25, -0.2) is 0 Å². The van der Waals surface area contributed by atoms with Crippen molar-refractivity contribution in [3.8, 4) is 18.1 Å². The molecule has 0 saturated carbocycles. The Bertz CT molecular complexity index is 448. The normalized spacial score (nSPS) is 13.3. The zero-order chi connectivity index (χ0) is 14.3. The minimum absolute atomic E-state index is 0.0247. The molecule has 0 aliphatic heterocycles. The second-order valence-corrected chi connectivity index (χ2v) is 4.50. The maximum Gasteiger partial charge on any atom is 0.237 e. The van der Waals surface area contributed by atoms with Crippen molar-refractivity contribution in [3.05, 3.63) is 29.8 Å². The molecule has 102 valence electrons. The van der Waals surface area contributed by atoms with E-state index in [0.29, 0.717) is 12.8 Å². The number of phenols is 1. The summed E-state index contributed by atoms with van der Waals surface area (Å²) in [5.41, 5.74) is 6.77. The minimum atomic E-state index is -0.614. The second kappa shape index (κ2) is 7.45. The molecule has 0 aromatic heterocycles. The van der Waals surface area contributed by atoms with E-state index in [-0.39, 0.29) is 17.7 Å². The average Bonchev–Trinajstić information content (AvgIpc) is 2.40. The van der Waals surface area contributed by atoms with Gasteiger partial charge in [-0.1, -0.05) is 19.1 Å². The predicted molar refractivity (Wildman–Crippen MR) is 75.5 cm³/mol. The summed E-state index contributed by atoms with van der Waals surface area (Å²) >= 11 is 0. The number of hydrogen-bond donors (Lipinski definition) is 3. The molecule has 4 N–H and O–H groups in total. The van der Waals surface area contributed by atoms with Gasteiger partial charge in [0.05, 0.1) is 6.04 Å². The summed E-state index contributed by atoms with van der Waals surface area (Å²) in [6.07, 6.45) is 6.96. The lowest BCUT2D eigenvalue weighted by Crippen LogP contribution is -2.46. The van der Waals surface area contributed by atoms with Crippen molar-refractivity contribution in [3.63, 3.8) is 0 Å². The summed E-state index contributed by atoms with van der Waals surface area (Å²) in [5, 5.41) is 12.0. The fourth-order valence-electron chi connectivity index (χ4n) is 1.73. The number of hydrogen-bond acceptors (Lipinski definition) is 3. The summed E-state index contributed by atoms with van der Waals surface area (Å²) in [6, 6.07) is 6.02. The van der Waals surface area contributed by atoms with Crippen LogP contribution in [0.5, 0.6) is 5.75 Å². The van der Waals surface area contributed by atoms with Gasteiger partial charge in [0, 0.05) is 12.5 Å². The van der Waals surface area contributed by atoms with Crippen molar-refractivity contribution in [2.24, 2.45) is 5.73 Å². The van der Waals surface area contributed by atoms with Gasteiger partial charge in [-0.05, 0) is 30.5 Å². The molecule has 0 aliphatic rings. The Morgan fingerprint density at radius 3 is 2.63 bits per heavy atom. The van der Waals surface area contributed by atoms with Gasteiger partial charge in [-0.2, -0.15) is 0 Å². The van der Waals surface area contributed by atoms with Crippen molar-refractivity contribution in [1.82, 2.24) is 5.32 Å². The molecule has 2 atom stereocenters. The van der Waals surface area contributed by atoms with Crippen LogP contribution in [0.15, 0.2) is 24.3 Å². The van der Waals surface area contributed by atoms with Crippen LogP contribution in [0.2, 0.25) is 0 Å². The molecule has 2 unspecified atom stereocenters. The van der Waals surface area contributed by atoms with E-state index in [9.17, 15) is 9.90 Å². The summed E-state index contributed by atoms with van der Waals surface area (Å²) in [4.78, 5) is 11.9. The SMILES string of the molecule is C#CCC(CC)NC(=O)C(N)Cc1ccc(O)cc1. The summed E-state index contributed by atoms with van der Waals surface area (Å²) in [7, 11) is 0. The fourth-order valence-corrected chi connectivity index (χ4v) is 1.73. The molecule has 0 saturated heterocycles. The van der Waals surface area contributed by atoms with E-state index in [2.05, 4.69) is 11.2 Å². The summed E-state index contributed by atoms with van der Waals surface area (Å²) < 4.78 is 0. The molecular weight excluding hydrogens is 240 g/mol. The van der Waals surface area contributed by atoms with Gasteiger partial charge < -0.3 is 16.2 Å². The smallest absolute Gasteiger partial charge is 0.237 e. The molecule has 19 heavy (non-hydrogen) atoms. The van der Waals surface area contributed by atoms with Crippen LogP contribution < -0.4 is 11.1 Å². The number of terminal acetylenes is 1. The molecule has 4 nitrogen and oxygen atoms in total. The topological polar surface area (TPSA) is 75.4 Å². The first kappa shape index (κ1) is 15.1. The average molecular weight is 260 g/mol. The van der Waals surface area contributed by atoms with Gasteiger partial charge >= 0.3 is 0 Å². The van der Waals surface area contributed by atoms with Crippen LogP contribution in [0.3, 0.4) is 0 Å². The van der Waals surface area contributed by atoms with Crippen LogP contribution >= 0.6 is 0 Å². The number of rotatable bonds is 6. The van der Waals surface area contributed by atoms with Gasteiger partial charge in [-0.3, -0.25) is 4.79 Å². The summed E-state index contributed by atoms with van der Waals surface area (Å²) in [6.45, 7) is 1.97. The number of aromatic hydroxyl groups is 1. The van der Waals surface area contributed by atoms with Crippen molar-refractivity contribution < 1.29 is 9.90 Å². The van der Waals surface area contributed by atoms with Crippen LogP contribution in [0, 0.1) is 12.3 Å². The van der Waals surface area contributed by atoms with E-state index in [1.165, 1.54) is 0 Å². The maximum absolute atomic E-state index is 11.9. The number of phenolic OH excluding ortho intramolecular Hbond substituents is 1. The van der Waals surface area contributed by atoms with Crippen molar-refractivity contribution in [2.45, 2.75) is 38.3 Å². The molecule has 0 heterocycles. The molecular formula is C15H20N2O2. The number of amides is 1. The molecule has 0 spiro atoms. The van der Waals surface area contributed by atoms with Crippen molar-refractivity contribution >= 4 is 5.91 Å². The Balaban J connectivity index is 2.53. The third-order valence-electron chi connectivity index (χ3n) is 2.93. The molecule has 0 radical (unpaired) electrons. The lowest BCUT2D eigenvalue weighted by Gasteiger charge is -2.18. The molecule has 0 aliphatic carbocycles. The number of benzene rings is 1. The Labute approximate surface area is 114 Å². The lowest BCUT2D eigenvalue weighted by atomic mass is 10.0. The number of nitrogens with two attached hydrogens (primary N) is 1. The number of nitrogens with one attached hydrogen (secondary N) is 1. The van der Waals surface area contributed by atoms with E-state index < -0.39 is 6.04 Å². The van der Waals surface area contributed by atoms with E-state index in [0.717, 1.165) is 12.0 Å². The van der Waals surface area contributed by atoms with Crippen LogP contribution in [0.1, 0.15) is 25.3 Å². The first-order valence-electron chi connectivity index (χ1n) is 6.34. The van der Waals surface area contributed by atoms with Gasteiger partial charge in [0.15, 0.2) is 0 Å². The number of carbonyl (C=O) groups excluding carboxylic acids is 1. The largest absolute Gasteiger partial charge is 0.508 e. The van der Waals surface area contributed by atoms with Crippen molar-refractivity contribution in [1.29, 1.82) is 0 Å². The van der Waals surface area contributed by atoms with Crippen LogP contribution in [-0.4, -0.2) is 23.1 Å². The van der Waals surface area contributed by atoms with E-state index >= 15 is 0 Å². The van der Waals surface area contributed by atoms with Gasteiger partial charge in [0.2, 0.25) is 5.91 Å². The van der Waals surface area contributed by atoms with Gasteiger partial charge in [0.1, 0.15) is 5.75 Å². The van der Waals surface area contributed by atoms with Gasteiger partial charge in [-0.15, -0.1) is 12.3 Å². The van der Waals surface area contributed by atoms with Crippen LogP contribution in [0.25, 0.3) is 0 Å². The highest BCUT2D eigenvalue weighted by atomic mass is 16.3. The van der Waals surface area contributed by atoms with Gasteiger partial charge in [0.25, 0.3) is 0 Å². The molecule has 4 heteroatoms. The van der Waals surface area contributed by atoms with Crippen LogP contribution in [-0.2, 0) is 11.2 Å². The minimum Gasteiger partial charge on any atom is -0.508 e. The molecule has 0 fully saturated rings. The van der Waals surface area contributed by atoms with E-state index in [1.807, 2.05) is 6.92 Å². The first-order chi connectivity index (χ1) is 9.06. The standard InChI is InChI=1S/C15H20N2O2/c1-3-5-12(4-2)17-15(19)14(16)10-11-6-8-13(18)9-7-11/h1,6-9,12,14,18H,4-5,10,16H2,2H3,(H,17,19).